The molecule has 2 unspecified atom stereocenters. The van der Waals surface area contributed by atoms with Gasteiger partial charge in [0.15, 0.2) is 0 Å². The second-order valence-corrected chi connectivity index (χ2v) is 6.94. The van der Waals surface area contributed by atoms with Crippen molar-refractivity contribution in [3.63, 3.8) is 0 Å². The van der Waals surface area contributed by atoms with Gasteiger partial charge in [-0.2, -0.15) is 0 Å². The Bertz CT molecular complexity index is 390. The molecule has 1 aliphatic carbocycles. The highest BCUT2D eigenvalue weighted by molar-refractivity contribution is 5.26. The molecule has 21 heavy (non-hydrogen) atoms. The highest BCUT2D eigenvalue weighted by Crippen LogP contribution is 2.30. The molecule has 1 saturated heterocycles. The Kier molecular flexibility index (Phi) is 5.96. The quantitative estimate of drug-likeness (QED) is 0.648. The lowest BCUT2D eigenvalue weighted by molar-refractivity contribution is 0.475. The zero-order chi connectivity index (χ0) is 15.2. The Hall–Kier alpha value is -1.18. The van der Waals surface area contributed by atoms with Crippen molar-refractivity contribution in [3.05, 3.63) is 36.7 Å². The molecule has 0 radical (unpaired) electrons. The number of nitrogens with one attached hydrogen (secondary N) is 2. The minimum Gasteiger partial charge on any atom is -0.389 e. The van der Waals surface area contributed by atoms with Gasteiger partial charge in [-0.1, -0.05) is 52.3 Å². The van der Waals surface area contributed by atoms with E-state index in [-0.39, 0.29) is 0 Å². The summed E-state index contributed by atoms with van der Waals surface area (Å²) in [7, 11) is 0. The summed E-state index contributed by atoms with van der Waals surface area (Å²) < 4.78 is 0. The average Bonchev–Trinajstić information content (AvgIpc) is 3.10. The van der Waals surface area contributed by atoms with Gasteiger partial charge in [0.25, 0.3) is 0 Å². The van der Waals surface area contributed by atoms with Crippen LogP contribution in [0.2, 0.25) is 0 Å². The summed E-state index contributed by atoms with van der Waals surface area (Å²) in [5.74, 6) is 2.00. The monoisotopic (exact) mass is 288 g/mol. The van der Waals surface area contributed by atoms with E-state index in [1.165, 1.54) is 49.8 Å². The topological polar surface area (TPSA) is 24.1 Å². The van der Waals surface area contributed by atoms with Crippen LogP contribution in [0.3, 0.4) is 0 Å². The molecule has 1 heterocycles. The van der Waals surface area contributed by atoms with Gasteiger partial charge in [0.2, 0.25) is 0 Å². The smallest absolute Gasteiger partial charge is 0.0296 e. The van der Waals surface area contributed by atoms with Crippen molar-refractivity contribution in [2.24, 2.45) is 17.8 Å². The van der Waals surface area contributed by atoms with Gasteiger partial charge in [0, 0.05) is 30.4 Å². The highest BCUT2D eigenvalue weighted by atomic mass is 14.9. The van der Waals surface area contributed by atoms with Crippen molar-refractivity contribution in [2.75, 3.05) is 13.1 Å². The van der Waals surface area contributed by atoms with Crippen molar-refractivity contribution in [1.29, 1.82) is 0 Å². The van der Waals surface area contributed by atoms with Gasteiger partial charge in [-0.25, -0.2) is 0 Å². The molecule has 2 rings (SSSR count). The first-order valence-corrected chi connectivity index (χ1v) is 8.62. The van der Waals surface area contributed by atoms with Crippen molar-refractivity contribution in [3.8, 4) is 0 Å². The first-order valence-electron chi connectivity index (χ1n) is 8.62. The Labute approximate surface area is 130 Å². The molecule has 118 valence electrons. The number of hydrogen-bond donors (Lipinski definition) is 2. The van der Waals surface area contributed by atoms with Crippen molar-refractivity contribution in [2.45, 2.75) is 51.9 Å². The van der Waals surface area contributed by atoms with Crippen LogP contribution < -0.4 is 10.6 Å². The summed E-state index contributed by atoms with van der Waals surface area (Å²) in [6, 6.07) is 0. The molecule has 2 N–H and O–H groups in total. The molecule has 2 nitrogen and oxygen atoms in total. The van der Waals surface area contributed by atoms with Crippen LogP contribution in [0, 0.1) is 17.8 Å². The van der Waals surface area contributed by atoms with E-state index >= 15 is 0 Å². The van der Waals surface area contributed by atoms with E-state index < -0.39 is 0 Å². The fourth-order valence-corrected chi connectivity index (χ4v) is 3.69. The summed E-state index contributed by atoms with van der Waals surface area (Å²) in [6.07, 6.45) is 9.31. The van der Waals surface area contributed by atoms with Crippen LogP contribution in [0.25, 0.3) is 0 Å². The lowest BCUT2D eigenvalue weighted by atomic mass is 9.88. The van der Waals surface area contributed by atoms with Gasteiger partial charge >= 0.3 is 0 Å². The molecule has 0 amide bonds. The molecule has 2 atom stereocenters. The zero-order valence-electron chi connectivity index (χ0n) is 13.7. The van der Waals surface area contributed by atoms with E-state index in [0.717, 1.165) is 31.1 Å². The van der Waals surface area contributed by atoms with Crippen LogP contribution in [0.5, 0.6) is 0 Å². The largest absolute Gasteiger partial charge is 0.389 e. The molecule has 2 fully saturated rings. The van der Waals surface area contributed by atoms with Gasteiger partial charge in [-0.15, -0.1) is 0 Å². The van der Waals surface area contributed by atoms with Gasteiger partial charge < -0.3 is 10.6 Å². The van der Waals surface area contributed by atoms with E-state index in [2.05, 4.69) is 37.3 Å². The van der Waals surface area contributed by atoms with E-state index in [9.17, 15) is 0 Å². The highest BCUT2D eigenvalue weighted by Gasteiger charge is 2.23. The van der Waals surface area contributed by atoms with Gasteiger partial charge in [-0.3, -0.25) is 0 Å². The van der Waals surface area contributed by atoms with Crippen molar-refractivity contribution >= 4 is 0 Å². The van der Waals surface area contributed by atoms with Gasteiger partial charge in [-0.05, 0) is 36.7 Å². The molecular weight excluding hydrogens is 256 g/mol. The van der Waals surface area contributed by atoms with Crippen LogP contribution in [-0.2, 0) is 0 Å². The standard InChI is InChI=1S/C19H32N2/c1-14(13-19-10-12-21-17(19)4)15(2)16(3)20-11-9-18-7-5-6-8-18/h14,18-21H,2-13H2,1H3. The second kappa shape index (κ2) is 7.72. The maximum absolute atomic E-state index is 4.26. The number of allylic oxidation sites excluding steroid dienone is 2. The Balaban J connectivity index is 1.68. The second-order valence-electron chi connectivity index (χ2n) is 6.94. The number of hydrogen-bond acceptors (Lipinski definition) is 2. The first-order chi connectivity index (χ1) is 10.1. The maximum atomic E-state index is 4.26. The molecule has 1 aliphatic heterocycles. The summed E-state index contributed by atoms with van der Waals surface area (Å²) in [5, 5.41) is 6.84. The fourth-order valence-electron chi connectivity index (χ4n) is 3.69. The molecule has 1 saturated carbocycles. The molecule has 2 heteroatoms. The third kappa shape index (κ3) is 4.66. The van der Waals surface area contributed by atoms with Crippen molar-refractivity contribution in [1.82, 2.24) is 10.6 Å². The molecule has 0 bridgehead atoms. The van der Waals surface area contributed by atoms with E-state index in [1.807, 2.05) is 0 Å². The van der Waals surface area contributed by atoms with E-state index in [4.69, 9.17) is 0 Å². The zero-order valence-corrected chi connectivity index (χ0v) is 13.7. The van der Waals surface area contributed by atoms with Crippen LogP contribution in [0.1, 0.15) is 51.9 Å². The van der Waals surface area contributed by atoms with Crippen LogP contribution in [0.4, 0.5) is 0 Å². The third-order valence-electron chi connectivity index (χ3n) is 5.32. The maximum Gasteiger partial charge on any atom is 0.0296 e. The van der Waals surface area contributed by atoms with Gasteiger partial charge in [0.1, 0.15) is 0 Å². The summed E-state index contributed by atoms with van der Waals surface area (Å²) in [4.78, 5) is 0. The van der Waals surface area contributed by atoms with Crippen LogP contribution >= 0.6 is 0 Å². The average molecular weight is 288 g/mol. The molecule has 0 aromatic heterocycles. The predicted octanol–water partition coefficient (Wildman–Crippen LogP) is 4.38. The number of rotatable bonds is 8. The first kappa shape index (κ1) is 16.2. The molecule has 0 spiro atoms. The van der Waals surface area contributed by atoms with Crippen molar-refractivity contribution < 1.29 is 0 Å². The third-order valence-corrected chi connectivity index (χ3v) is 5.32. The Morgan fingerprint density at radius 2 is 2.00 bits per heavy atom. The fraction of sp³-hybridized carbons (Fsp3) is 0.684. The van der Waals surface area contributed by atoms with Crippen LogP contribution in [-0.4, -0.2) is 13.1 Å². The van der Waals surface area contributed by atoms with E-state index in [0.29, 0.717) is 11.8 Å². The lowest BCUT2D eigenvalue weighted by Gasteiger charge is -2.22. The van der Waals surface area contributed by atoms with E-state index in [1.54, 1.807) is 0 Å². The minimum absolute atomic E-state index is 0.470. The minimum atomic E-state index is 0.470. The molecule has 0 aromatic carbocycles. The lowest BCUT2D eigenvalue weighted by Crippen LogP contribution is -2.20. The summed E-state index contributed by atoms with van der Waals surface area (Å²) in [6.45, 7) is 16.9. The predicted molar refractivity (Wildman–Crippen MR) is 91.9 cm³/mol. The molecule has 2 aliphatic rings. The Morgan fingerprint density at radius 1 is 1.29 bits per heavy atom. The molecular formula is C19H32N2. The molecule has 0 aromatic rings. The Morgan fingerprint density at radius 3 is 2.62 bits per heavy atom. The van der Waals surface area contributed by atoms with Crippen LogP contribution in [0.15, 0.2) is 36.7 Å². The normalized spacial score (nSPS) is 23.9. The SMILES string of the molecule is C=C(NCCC1CCCC1)C(=C)C(C)CC1CCNC1=C. The van der Waals surface area contributed by atoms with Gasteiger partial charge in [0.05, 0.1) is 0 Å². The summed E-state index contributed by atoms with van der Waals surface area (Å²) in [5.41, 5.74) is 3.41. The summed E-state index contributed by atoms with van der Waals surface area (Å²) >= 11 is 0.